The second kappa shape index (κ2) is 8.36. The number of rotatable bonds is 3. The zero-order valence-corrected chi connectivity index (χ0v) is 15.0. The van der Waals surface area contributed by atoms with Crippen molar-refractivity contribution in [3.05, 3.63) is 89.5 Å². The minimum Gasteiger partial charge on any atom is -0.507 e. The van der Waals surface area contributed by atoms with Gasteiger partial charge >= 0.3 is 0 Å². The van der Waals surface area contributed by atoms with Crippen LogP contribution >= 0.6 is 12.4 Å². The maximum Gasteiger partial charge on any atom is 0.142 e. The number of hydrogen-bond acceptors (Lipinski definition) is 2. The average Bonchev–Trinajstić information content (AvgIpc) is 2.59. The van der Waals surface area contributed by atoms with E-state index in [1.807, 2.05) is 74.5 Å². The minimum atomic E-state index is 0. The molecule has 0 unspecified atom stereocenters. The Morgan fingerprint density at radius 2 is 1.36 bits per heavy atom. The number of aryl methyl sites for hydroxylation is 2. The maximum absolute atomic E-state index is 10.2. The lowest BCUT2D eigenvalue weighted by Crippen LogP contribution is -2.13. The summed E-state index contributed by atoms with van der Waals surface area (Å²) in [6.45, 7) is 4.09. The second-order valence-electron chi connectivity index (χ2n) is 5.80. The molecule has 0 heterocycles. The van der Waals surface area contributed by atoms with Crippen molar-refractivity contribution in [3.63, 3.8) is 0 Å². The number of nitrogens with one attached hydrogen (secondary N) is 1. The van der Waals surface area contributed by atoms with Crippen LogP contribution in [0.25, 0.3) is 0 Å². The minimum absolute atomic E-state index is 0. The molecule has 0 saturated heterocycles. The van der Waals surface area contributed by atoms with E-state index < -0.39 is 0 Å². The summed E-state index contributed by atoms with van der Waals surface area (Å²) in [7, 11) is 0. The lowest BCUT2D eigenvalue weighted by molar-refractivity contribution is 0.474. The van der Waals surface area contributed by atoms with Crippen molar-refractivity contribution in [1.82, 2.24) is 0 Å². The number of aromatic hydroxyl groups is 1. The van der Waals surface area contributed by atoms with Gasteiger partial charge in [0.25, 0.3) is 0 Å². The van der Waals surface area contributed by atoms with Crippen molar-refractivity contribution in [2.45, 2.75) is 13.8 Å². The van der Waals surface area contributed by atoms with Gasteiger partial charge in [0.05, 0.1) is 11.3 Å². The first kappa shape index (κ1) is 18.6. The lowest BCUT2D eigenvalue weighted by atomic mass is 10.1. The number of phenols is 1. The molecule has 3 nitrogen and oxygen atoms in total. The van der Waals surface area contributed by atoms with E-state index in [9.17, 15) is 5.11 Å². The van der Waals surface area contributed by atoms with E-state index in [1.165, 1.54) is 11.1 Å². The highest BCUT2D eigenvalue weighted by molar-refractivity contribution is 6.11. The molecule has 0 fully saturated rings. The first-order valence-electron chi connectivity index (χ1n) is 7.89. The van der Waals surface area contributed by atoms with Gasteiger partial charge in [-0.15, -0.1) is 12.4 Å². The van der Waals surface area contributed by atoms with Gasteiger partial charge < -0.3 is 10.4 Å². The molecule has 4 heteroatoms. The number of halogens is 1. The summed E-state index contributed by atoms with van der Waals surface area (Å²) >= 11 is 0. The number of hydrogen-bond donors (Lipinski definition) is 2. The van der Waals surface area contributed by atoms with Crippen molar-refractivity contribution >= 4 is 29.6 Å². The van der Waals surface area contributed by atoms with E-state index in [0.29, 0.717) is 11.4 Å². The normalized spacial score (nSPS) is 10.9. The third kappa shape index (κ3) is 4.85. The smallest absolute Gasteiger partial charge is 0.142 e. The molecule has 3 rings (SSSR count). The van der Waals surface area contributed by atoms with Gasteiger partial charge in [0.2, 0.25) is 0 Å². The number of amidine groups is 1. The van der Waals surface area contributed by atoms with E-state index in [1.54, 1.807) is 12.1 Å². The predicted octanol–water partition coefficient (Wildman–Crippen LogP) is 5.62. The van der Waals surface area contributed by atoms with Crippen LogP contribution < -0.4 is 5.32 Å². The summed E-state index contributed by atoms with van der Waals surface area (Å²) in [5.41, 5.74) is 4.80. The molecule has 0 radical (unpaired) electrons. The molecule has 0 aliphatic heterocycles. The number of anilines is 1. The number of aliphatic imine (C=N–C) groups is 1. The Kier molecular flexibility index (Phi) is 6.20. The van der Waals surface area contributed by atoms with Crippen LogP contribution in [-0.2, 0) is 0 Å². The number of phenolic OH excluding ortho intramolecular Hbond substituents is 1. The molecule has 0 amide bonds. The SMILES string of the molecule is Cc1ccc(N=C(Nc2ccc(C)cc2)c2ccccc2O)cc1.Cl. The molecule has 0 saturated carbocycles. The van der Waals surface area contributed by atoms with Crippen LogP contribution in [0.2, 0.25) is 0 Å². The van der Waals surface area contributed by atoms with E-state index in [2.05, 4.69) is 5.32 Å². The largest absolute Gasteiger partial charge is 0.507 e. The molecule has 25 heavy (non-hydrogen) atoms. The molecule has 0 atom stereocenters. The van der Waals surface area contributed by atoms with E-state index in [-0.39, 0.29) is 18.2 Å². The molecule has 3 aromatic carbocycles. The summed E-state index contributed by atoms with van der Waals surface area (Å²) < 4.78 is 0. The number of benzene rings is 3. The van der Waals surface area contributed by atoms with E-state index >= 15 is 0 Å². The van der Waals surface area contributed by atoms with Crippen molar-refractivity contribution in [2.75, 3.05) is 5.32 Å². The Morgan fingerprint density at radius 1 is 0.800 bits per heavy atom. The van der Waals surface area contributed by atoms with E-state index in [0.717, 1.165) is 11.4 Å². The summed E-state index contributed by atoms with van der Waals surface area (Å²) in [6, 6.07) is 23.2. The average molecular weight is 353 g/mol. The molecule has 3 aromatic rings. The Balaban J connectivity index is 0.00000225. The molecule has 0 spiro atoms. The third-order valence-electron chi connectivity index (χ3n) is 3.75. The molecule has 2 N–H and O–H groups in total. The molecule has 0 aromatic heterocycles. The van der Waals surface area contributed by atoms with E-state index in [4.69, 9.17) is 4.99 Å². The Morgan fingerprint density at radius 3 is 1.96 bits per heavy atom. The van der Waals surface area contributed by atoms with Crippen LogP contribution in [0.4, 0.5) is 11.4 Å². The van der Waals surface area contributed by atoms with Crippen molar-refractivity contribution in [3.8, 4) is 5.75 Å². The first-order chi connectivity index (χ1) is 11.6. The predicted molar refractivity (Wildman–Crippen MR) is 108 cm³/mol. The van der Waals surface area contributed by atoms with Crippen LogP contribution in [0.5, 0.6) is 5.75 Å². The highest BCUT2D eigenvalue weighted by Crippen LogP contribution is 2.22. The summed E-state index contributed by atoms with van der Waals surface area (Å²) in [4.78, 5) is 4.69. The topological polar surface area (TPSA) is 44.6 Å². The van der Waals surface area contributed by atoms with Gasteiger partial charge in [-0.2, -0.15) is 0 Å². The molecular formula is C21H21ClN2O. The van der Waals surface area contributed by atoms with Gasteiger partial charge in [-0.25, -0.2) is 4.99 Å². The highest BCUT2D eigenvalue weighted by atomic mass is 35.5. The van der Waals surface area contributed by atoms with Crippen LogP contribution in [-0.4, -0.2) is 10.9 Å². The monoisotopic (exact) mass is 352 g/mol. The van der Waals surface area contributed by atoms with Gasteiger partial charge in [-0.1, -0.05) is 47.5 Å². The summed E-state index contributed by atoms with van der Waals surface area (Å²) in [5, 5.41) is 13.5. The van der Waals surface area contributed by atoms with Gasteiger partial charge in [0, 0.05) is 5.69 Å². The summed E-state index contributed by atoms with van der Waals surface area (Å²) in [6.07, 6.45) is 0. The molecular weight excluding hydrogens is 332 g/mol. The van der Waals surface area contributed by atoms with Gasteiger partial charge in [-0.3, -0.25) is 0 Å². The quantitative estimate of drug-likeness (QED) is 0.474. The first-order valence-corrected chi connectivity index (χ1v) is 7.89. The standard InChI is InChI=1S/C21H20N2O.ClH/c1-15-7-11-17(12-8-15)22-21(19-5-3-4-6-20(19)24)23-18-13-9-16(2)10-14-18;/h3-14,24H,1-2H3,(H,22,23);1H. The summed E-state index contributed by atoms with van der Waals surface area (Å²) in [5.74, 6) is 0.809. The third-order valence-corrected chi connectivity index (χ3v) is 3.75. The Hall–Kier alpha value is -2.78. The lowest BCUT2D eigenvalue weighted by Gasteiger charge is -2.12. The number of para-hydroxylation sites is 1. The van der Waals surface area contributed by atoms with Gasteiger partial charge in [0.15, 0.2) is 0 Å². The van der Waals surface area contributed by atoms with Crippen LogP contribution in [0.1, 0.15) is 16.7 Å². The molecule has 0 bridgehead atoms. The number of nitrogens with zero attached hydrogens (tertiary/aromatic N) is 1. The fraction of sp³-hybridized carbons (Fsp3) is 0.0952. The zero-order valence-electron chi connectivity index (χ0n) is 14.2. The van der Waals surface area contributed by atoms with Crippen LogP contribution in [0, 0.1) is 13.8 Å². The fourth-order valence-electron chi connectivity index (χ4n) is 2.35. The highest BCUT2D eigenvalue weighted by Gasteiger charge is 2.09. The van der Waals surface area contributed by atoms with Crippen LogP contribution in [0.3, 0.4) is 0 Å². The zero-order chi connectivity index (χ0) is 16.9. The Labute approximate surface area is 154 Å². The van der Waals surface area contributed by atoms with Crippen LogP contribution in [0.15, 0.2) is 77.8 Å². The molecule has 128 valence electrons. The van der Waals surface area contributed by atoms with Crippen molar-refractivity contribution < 1.29 is 5.11 Å². The maximum atomic E-state index is 10.2. The van der Waals surface area contributed by atoms with Gasteiger partial charge in [0.1, 0.15) is 11.6 Å². The Bertz CT molecular complexity index is 856. The second-order valence-corrected chi connectivity index (χ2v) is 5.80. The fourth-order valence-corrected chi connectivity index (χ4v) is 2.35. The van der Waals surface area contributed by atoms with Crippen molar-refractivity contribution in [2.24, 2.45) is 4.99 Å². The molecule has 0 aliphatic rings. The van der Waals surface area contributed by atoms with Gasteiger partial charge in [-0.05, 0) is 50.2 Å². The molecule has 0 aliphatic carbocycles. The van der Waals surface area contributed by atoms with Crippen molar-refractivity contribution in [1.29, 1.82) is 0 Å².